The molecule has 0 radical (unpaired) electrons. The van der Waals surface area contributed by atoms with E-state index in [0.717, 1.165) is 11.1 Å². The number of rotatable bonds is 3. The van der Waals surface area contributed by atoms with E-state index in [4.69, 9.17) is 5.90 Å². The van der Waals surface area contributed by atoms with Gasteiger partial charge in [0, 0.05) is 0 Å². The molecule has 0 amide bonds. The van der Waals surface area contributed by atoms with Crippen molar-refractivity contribution in [1.82, 2.24) is 0 Å². The van der Waals surface area contributed by atoms with E-state index in [1.807, 2.05) is 13.0 Å². The molecule has 78 valence electrons. The molecular formula is C11H16FNO. The zero-order valence-corrected chi connectivity index (χ0v) is 8.80. The molecule has 2 nitrogen and oxygen atoms in total. The van der Waals surface area contributed by atoms with Crippen LogP contribution >= 0.6 is 0 Å². The van der Waals surface area contributed by atoms with Crippen LogP contribution in [0.1, 0.15) is 30.5 Å². The van der Waals surface area contributed by atoms with E-state index in [9.17, 15) is 4.39 Å². The van der Waals surface area contributed by atoms with Gasteiger partial charge in [-0.25, -0.2) is 10.3 Å². The number of hydrogen-bond acceptors (Lipinski definition) is 2. The molecule has 0 heterocycles. The minimum absolute atomic E-state index is 0.315. The summed E-state index contributed by atoms with van der Waals surface area (Å²) in [6.07, 6.45) is 0. The number of nitrogens with two attached hydrogens (primary N) is 1. The first-order chi connectivity index (χ1) is 6.45. The normalized spacial score (nSPS) is 11.8. The van der Waals surface area contributed by atoms with Crippen molar-refractivity contribution in [2.75, 3.05) is 0 Å². The molecule has 0 aromatic heterocycles. The summed E-state index contributed by atoms with van der Waals surface area (Å²) in [5.74, 6) is 4.99. The maximum atomic E-state index is 13.6. The van der Waals surface area contributed by atoms with Gasteiger partial charge in [0.2, 0.25) is 0 Å². The Balaban J connectivity index is 3.06. The summed E-state index contributed by atoms with van der Waals surface area (Å²) in [5.41, 5.74) is 1.31. The summed E-state index contributed by atoms with van der Waals surface area (Å²) in [6, 6.07) is 5.46. The van der Waals surface area contributed by atoms with Crippen LogP contribution in [0.3, 0.4) is 0 Å². The number of halogens is 1. The molecule has 0 aliphatic carbocycles. The van der Waals surface area contributed by atoms with Crippen LogP contribution in [-0.4, -0.2) is 0 Å². The Morgan fingerprint density at radius 1 is 1.43 bits per heavy atom. The van der Waals surface area contributed by atoms with Crippen molar-refractivity contribution in [3.8, 4) is 0 Å². The molecule has 0 bridgehead atoms. The monoisotopic (exact) mass is 197 g/mol. The molecule has 1 aromatic rings. The van der Waals surface area contributed by atoms with Crippen LogP contribution in [0.4, 0.5) is 4.39 Å². The molecular weight excluding hydrogens is 181 g/mol. The fourth-order valence-corrected chi connectivity index (χ4v) is 1.29. The lowest BCUT2D eigenvalue weighted by Gasteiger charge is -2.16. The fraction of sp³-hybridized carbons (Fsp3) is 0.455. The van der Waals surface area contributed by atoms with Crippen molar-refractivity contribution in [3.05, 3.63) is 34.9 Å². The third-order valence-electron chi connectivity index (χ3n) is 2.27. The largest absolute Gasteiger partial charge is 0.300 e. The molecule has 14 heavy (non-hydrogen) atoms. The topological polar surface area (TPSA) is 35.2 Å². The molecule has 0 saturated carbocycles. The number of benzene rings is 1. The van der Waals surface area contributed by atoms with Crippen molar-refractivity contribution in [3.63, 3.8) is 0 Å². The van der Waals surface area contributed by atoms with Crippen molar-refractivity contribution >= 4 is 0 Å². The lowest BCUT2D eigenvalue weighted by Crippen LogP contribution is -2.10. The van der Waals surface area contributed by atoms with Gasteiger partial charge < -0.3 is 0 Å². The van der Waals surface area contributed by atoms with Crippen molar-refractivity contribution < 1.29 is 9.23 Å². The van der Waals surface area contributed by atoms with E-state index in [1.54, 1.807) is 12.1 Å². The highest BCUT2D eigenvalue weighted by atomic mass is 19.1. The summed E-state index contributed by atoms with van der Waals surface area (Å²) < 4.78 is 13.6. The average molecular weight is 197 g/mol. The fourth-order valence-electron chi connectivity index (χ4n) is 1.29. The Kier molecular flexibility index (Phi) is 3.24. The van der Waals surface area contributed by atoms with Crippen molar-refractivity contribution in [2.24, 2.45) is 5.90 Å². The molecule has 0 fully saturated rings. The van der Waals surface area contributed by atoms with Gasteiger partial charge in [0.15, 0.2) is 0 Å². The second-order valence-corrected chi connectivity index (χ2v) is 3.92. The summed E-state index contributed by atoms with van der Waals surface area (Å²) in [5, 5.41) is 0. The van der Waals surface area contributed by atoms with Crippen LogP contribution in [0, 0.1) is 6.92 Å². The molecule has 0 atom stereocenters. The van der Waals surface area contributed by atoms with Crippen molar-refractivity contribution in [1.29, 1.82) is 0 Å². The highest BCUT2D eigenvalue weighted by Gasteiger charge is 2.19. The Morgan fingerprint density at radius 3 is 2.57 bits per heavy atom. The summed E-state index contributed by atoms with van der Waals surface area (Å²) in [4.78, 5) is 4.55. The lowest BCUT2D eigenvalue weighted by atomic mass is 9.96. The second-order valence-electron chi connectivity index (χ2n) is 3.92. The van der Waals surface area contributed by atoms with E-state index < -0.39 is 5.67 Å². The molecule has 0 unspecified atom stereocenters. The van der Waals surface area contributed by atoms with E-state index in [1.165, 1.54) is 13.8 Å². The van der Waals surface area contributed by atoms with Crippen LogP contribution in [0.15, 0.2) is 18.2 Å². The van der Waals surface area contributed by atoms with Crippen LogP contribution in [0.2, 0.25) is 0 Å². The van der Waals surface area contributed by atoms with E-state index in [2.05, 4.69) is 4.84 Å². The Morgan fingerprint density at radius 2 is 2.07 bits per heavy atom. The van der Waals surface area contributed by atoms with Crippen LogP contribution in [0.25, 0.3) is 0 Å². The minimum Gasteiger partial charge on any atom is -0.300 e. The third-order valence-corrected chi connectivity index (χ3v) is 2.27. The van der Waals surface area contributed by atoms with Gasteiger partial charge in [-0.1, -0.05) is 12.1 Å². The summed E-state index contributed by atoms with van der Waals surface area (Å²) in [6.45, 7) is 5.33. The molecule has 2 N–H and O–H groups in total. The van der Waals surface area contributed by atoms with Gasteiger partial charge in [-0.05, 0) is 43.5 Å². The zero-order chi connectivity index (χ0) is 10.8. The highest BCUT2D eigenvalue weighted by molar-refractivity contribution is 5.33. The highest BCUT2D eigenvalue weighted by Crippen LogP contribution is 2.26. The number of aryl methyl sites for hydroxylation is 1. The Labute approximate surface area is 83.8 Å². The van der Waals surface area contributed by atoms with Gasteiger partial charge in [-0.15, -0.1) is 0 Å². The smallest absolute Gasteiger partial charge is 0.130 e. The Hall–Kier alpha value is -0.930. The second kappa shape index (κ2) is 4.07. The first-order valence-electron chi connectivity index (χ1n) is 4.55. The van der Waals surface area contributed by atoms with Gasteiger partial charge >= 0.3 is 0 Å². The molecule has 1 rings (SSSR count). The van der Waals surface area contributed by atoms with Crippen LogP contribution in [0.5, 0.6) is 0 Å². The first kappa shape index (κ1) is 11.1. The van der Waals surface area contributed by atoms with Crippen molar-refractivity contribution in [2.45, 2.75) is 33.0 Å². The SMILES string of the molecule is Cc1ccc(C(C)(C)F)cc1CON. The van der Waals surface area contributed by atoms with Gasteiger partial charge in [0.25, 0.3) is 0 Å². The molecule has 0 aliphatic heterocycles. The first-order valence-corrected chi connectivity index (χ1v) is 4.55. The van der Waals surface area contributed by atoms with Gasteiger partial charge in [-0.2, -0.15) is 0 Å². The quantitative estimate of drug-likeness (QED) is 0.756. The average Bonchev–Trinajstić information content (AvgIpc) is 2.07. The van der Waals surface area contributed by atoms with Gasteiger partial charge in [-0.3, -0.25) is 4.84 Å². The van der Waals surface area contributed by atoms with Crippen LogP contribution in [-0.2, 0) is 17.1 Å². The summed E-state index contributed by atoms with van der Waals surface area (Å²) >= 11 is 0. The van der Waals surface area contributed by atoms with Crippen LogP contribution < -0.4 is 5.90 Å². The van der Waals surface area contributed by atoms with Gasteiger partial charge in [0.1, 0.15) is 5.67 Å². The molecule has 1 aromatic carbocycles. The number of alkyl halides is 1. The number of hydrogen-bond donors (Lipinski definition) is 1. The summed E-state index contributed by atoms with van der Waals surface area (Å²) in [7, 11) is 0. The molecule has 0 spiro atoms. The third kappa shape index (κ3) is 2.53. The standard InChI is InChI=1S/C11H16FNO/c1-8-4-5-10(11(2,3)12)6-9(8)7-14-13/h4-6H,7,13H2,1-3H3. The van der Waals surface area contributed by atoms with Gasteiger partial charge in [0.05, 0.1) is 6.61 Å². The maximum absolute atomic E-state index is 13.6. The molecule has 0 aliphatic rings. The Bertz CT molecular complexity index is 318. The van der Waals surface area contributed by atoms with E-state index in [-0.39, 0.29) is 0 Å². The molecule has 0 saturated heterocycles. The zero-order valence-electron chi connectivity index (χ0n) is 8.80. The predicted molar refractivity (Wildman–Crippen MR) is 54.3 cm³/mol. The predicted octanol–water partition coefficient (Wildman–Crippen LogP) is 2.59. The van der Waals surface area contributed by atoms with E-state index in [0.29, 0.717) is 12.2 Å². The maximum Gasteiger partial charge on any atom is 0.130 e. The van der Waals surface area contributed by atoms with E-state index >= 15 is 0 Å². The lowest BCUT2D eigenvalue weighted by molar-refractivity contribution is 0.123. The minimum atomic E-state index is -1.32. The molecule has 3 heteroatoms.